The van der Waals surface area contributed by atoms with Crippen molar-refractivity contribution < 1.29 is 0 Å². The Bertz CT molecular complexity index is 372. The maximum atomic E-state index is 6.23. The van der Waals surface area contributed by atoms with Gasteiger partial charge in [0.25, 0.3) is 0 Å². The summed E-state index contributed by atoms with van der Waals surface area (Å²) < 4.78 is 0. The second kappa shape index (κ2) is 6.45. The average Bonchev–Trinajstić information content (AvgIpc) is 2.84. The van der Waals surface area contributed by atoms with Gasteiger partial charge in [-0.1, -0.05) is 64.8 Å². The minimum absolute atomic E-state index is 0.688. The van der Waals surface area contributed by atoms with E-state index in [2.05, 4.69) is 15.9 Å². The Morgan fingerprint density at radius 3 is 2.59 bits per heavy atom. The van der Waals surface area contributed by atoms with E-state index in [1.807, 2.05) is 18.2 Å². The van der Waals surface area contributed by atoms with Gasteiger partial charge in [0.1, 0.15) is 0 Å². The first kappa shape index (κ1) is 13.7. The van der Waals surface area contributed by atoms with Crippen molar-refractivity contribution in [2.75, 3.05) is 5.33 Å². The molecule has 1 unspecified atom stereocenters. The standard InChI is InChI=1S/C14H17BrCl2/c15-9-12(10-3-1-2-4-10)7-11-8-13(16)5-6-14(11)17/h5-6,8,10,12H,1-4,7,9H2. The van der Waals surface area contributed by atoms with Gasteiger partial charge in [0, 0.05) is 15.4 Å². The van der Waals surface area contributed by atoms with Crippen molar-refractivity contribution in [3.05, 3.63) is 33.8 Å². The van der Waals surface area contributed by atoms with E-state index in [-0.39, 0.29) is 0 Å². The third-order valence-corrected chi connectivity index (χ3v) is 5.19. The molecule has 0 aromatic heterocycles. The third kappa shape index (κ3) is 3.62. The van der Waals surface area contributed by atoms with Gasteiger partial charge >= 0.3 is 0 Å². The van der Waals surface area contributed by atoms with E-state index >= 15 is 0 Å². The molecule has 0 nitrogen and oxygen atoms in total. The van der Waals surface area contributed by atoms with E-state index in [0.29, 0.717) is 5.92 Å². The topological polar surface area (TPSA) is 0 Å². The van der Waals surface area contributed by atoms with Crippen LogP contribution >= 0.6 is 39.1 Å². The fourth-order valence-electron chi connectivity index (χ4n) is 2.76. The van der Waals surface area contributed by atoms with Gasteiger partial charge in [-0.15, -0.1) is 0 Å². The van der Waals surface area contributed by atoms with E-state index in [1.165, 1.54) is 31.2 Å². The first-order valence-corrected chi connectivity index (χ1v) is 8.08. The molecule has 0 bridgehead atoms. The van der Waals surface area contributed by atoms with Gasteiger partial charge in [-0.3, -0.25) is 0 Å². The predicted molar refractivity (Wildman–Crippen MR) is 79.4 cm³/mol. The number of alkyl halides is 1. The minimum atomic E-state index is 0.688. The lowest BCUT2D eigenvalue weighted by molar-refractivity contribution is 0.373. The van der Waals surface area contributed by atoms with Crippen LogP contribution in [0, 0.1) is 11.8 Å². The quantitative estimate of drug-likeness (QED) is 0.615. The molecule has 1 fully saturated rings. The summed E-state index contributed by atoms with van der Waals surface area (Å²) in [6, 6.07) is 5.76. The van der Waals surface area contributed by atoms with Crippen LogP contribution in [-0.4, -0.2) is 5.33 Å². The zero-order valence-electron chi connectivity index (χ0n) is 9.76. The Morgan fingerprint density at radius 1 is 1.24 bits per heavy atom. The van der Waals surface area contributed by atoms with Crippen LogP contribution in [0.15, 0.2) is 18.2 Å². The average molecular weight is 336 g/mol. The Hall–Kier alpha value is 0.280. The molecule has 1 atom stereocenters. The Morgan fingerprint density at radius 2 is 1.94 bits per heavy atom. The minimum Gasteiger partial charge on any atom is -0.0925 e. The van der Waals surface area contributed by atoms with Gasteiger partial charge in [-0.25, -0.2) is 0 Å². The van der Waals surface area contributed by atoms with Crippen molar-refractivity contribution in [1.82, 2.24) is 0 Å². The van der Waals surface area contributed by atoms with E-state index < -0.39 is 0 Å². The molecule has 1 aliphatic carbocycles. The summed E-state index contributed by atoms with van der Waals surface area (Å²) in [6.07, 6.45) is 6.55. The van der Waals surface area contributed by atoms with E-state index in [1.54, 1.807) is 0 Å². The molecular formula is C14H17BrCl2. The Kier molecular flexibility index (Phi) is 5.20. The lowest BCUT2D eigenvalue weighted by atomic mass is 9.87. The number of hydrogen-bond acceptors (Lipinski definition) is 0. The molecule has 0 heterocycles. The van der Waals surface area contributed by atoms with Crippen molar-refractivity contribution >= 4 is 39.1 Å². The summed E-state index contributed by atoms with van der Waals surface area (Å²) in [5.74, 6) is 1.54. The van der Waals surface area contributed by atoms with Crippen LogP contribution in [0.3, 0.4) is 0 Å². The first-order chi connectivity index (χ1) is 8.20. The molecule has 1 aromatic carbocycles. The molecule has 94 valence electrons. The molecule has 1 aliphatic rings. The summed E-state index contributed by atoms with van der Waals surface area (Å²) >= 11 is 15.9. The van der Waals surface area contributed by atoms with Crippen LogP contribution in [0.5, 0.6) is 0 Å². The maximum Gasteiger partial charge on any atom is 0.0439 e. The summed E-state index contributed by atoms with van der Waals surface area (Å²) in [5, 5.41) is 2.68. The summed E-state index contributed by atoms with van der Waals surface area (Å²) in [5.41, 5.74) is 1.19. The van der Waals surface area contributed by atoms with Crippen molar-refractivity contribution in [1.29, 1.82) is 0 Å². The Labute approximate surface area is 122 Å². The highest BCUT2D eigenvalue weighted by Crippen LogP contribution is 2.35. The molecular weight excluding hydrogens is 319 g/mol. The molecule has 0 spiro atoms. The van der Waals surface area contributed by atoms with E-state index in [0.717, 1.165) is 27.7 Å². The third-order valence-electron chi connectivity index (χ3n) is 3.75. The molecule has 0 aliphatic heterocycles. The second-order valence-electron chi connectivity index (χ2n) is 4.90. The first-order valence-electron chi connectivity index (χ1n) is 6.20. The van der Waals surface area contributed by atoms with Gasteiger partial charge < -0.3 is 0 Å². The zero-order chi connectivity index (χ0) is 12.3. The molecule has 0 N–H and O–H groups in total. The highest BCUT2D eigenvalue weighted by molar-refractivity contribution is 9.09. The summed E-state index contributed by atoms with van der Waals surface area (Å²) in [4.78, 5) is 0. The molecule has 0 radical (unpaired) electrons. The largest absolute Gasteiger partial charge is 0.0925 e. The molecule has 3 heteroatoms. The molecule has 2 rings (SSSR count). The molecule has 1 saturated carbocycles. The van der Waals surface area contributed by atoms with Gasteiger partial charge in [0.2, 0.25) is 0 Å². The van der Waals surface area contributed by atoms with Gasteiger partial charge in [0.05, 0.1) is 0 Å². The summed E-state index contributed by atoms with van der Waals surface area (Å²) in [7, 11) is 0. The monoisotopic (exact) mass is 334 g/mol. The number of rotatable bonds is 4. The highest BCUT2D eigenvalue weighted by Gasteiger charge is 2.24. The zero-order valence-corrected chi connectivity index (χ0v) is 12.9. The lowest BCUT2D eigenvalue weighted by Gasteiger charge is -2.21. The molecule has 17 heavy (non-hydrogen) atoms. The number of benzene rings is 1. The van der Waals surface area contributed by atoms with Crippen molar-refractivity contribution in [2.45, 2.75) is 32.1 Å². The van der Waals surface area contributed by atoms with Crippen molar-refractivity contribution in [2.24, 2.45) is 11.8 Å². The van der Waals surface area contributed by atoms with Crippen LogP contribution in [-0.2, 0) is 6.42 Å². The number of hydrogen-bond donors (Lipinski definition) is 0. The predicted octanol–water partition coefficient (Wildman–Crippen LogP) is 5.74. The van der Waals surface area contributed by atoms with E-state index in [9.17, 15) is 0 Å². The smallest absolute Gasteiger partial charge is 0.0439 e. The lowest BCUT2D eigenvalue weighted by Crippen LogP contribution is -2.16. The van der Waals surface area contributed by atoms with Crippen molar-refractivity contribution in [3.8, 4) is 0 Å². The van der Waals surface area contributed by atoms with Crippen LogP contribution in [0.4, 0.5) is 0 Å². The number of halogens is 3. The SMILES string of the molecule is Clc1ccc(Cl)c(CC(CBr)C2CCCC2)c1. The van der Waals surface area contributed by atoms with Crippen LogP contribution in [0.2, 0.25) is 10.0 Å². The van der Waals surface area contributed by atoms with Crippen molar-refractivity contribution in [3.63, 3.8) is 0 Å². The molecule has 0 amide bonds. The molecule has 0 saturated heterocycles. The fourth-order valence-corrected chi connectivity index (χ4v) is 3.91. The van der Waals surface area contributed by atoms with Crippen LogP contribution in [0.1, 0.15) is 31.2 Å². The summed E-state index contributed by atoms with van der Waals surface area (Å²) in [6.45, 7) is 0. The van der Waals surface area contributed by atoms with Crippen LogP contribution < -0.4 is 0 Å². The molecule has 1 aromatic rings. The Balaban J connectivity index is 2.09. The van der Waals surface area contributed by atoms with Gasteiger partial charge in [-0.05, 0) is 42.0 Å². The normalized spacial score (nSPS) is 18.5. The van der Waals surface area contributed by atoms with Gasteiger partial charge in [0.15, 0.2) is 0 Å². The van der Waals surface area contributed by atoms with E-state index in [4.69, 9.17) is 23.2 Å². The second-order valence-corrected chi connectivity index (χ2v) is 6.39. The van der Waals surface area contributed by atoms with Crippen LogP contribution in [0.25, 0.3) is 0 Å². The fraction of sp³-hybridized carbons (Fsp3) is 0.571. The van der Waals surface area contributed by atoms with Gasteiger partial charge in [-0.2, -0.15) is 0 Å². The highest BCUT2D eigenvalue weighted by atomic mass is 79.9. The maximum absolute atomic E-state index is 6.23.